The third-order valence-electron chi connectivity index (χ3n) is 3.19. The van der Waals surface area contributed by atoms with Crippen LogP contribution in [0.25, 0.3) is 0 Å². The molecule has 0 fully saturated rings. The summed E-state index contributed by atoms with van der Waals surface area (Å²) in [6.45, 7) is 8.40. The van der Waals surface area contributed by atoms with Crippen LogP contribution in [0, 0.1) is 5.41 Å². The Hall–Kier alpha value is -2.49. The molecule has 2 N–H and O–H groups in total. The van der Waals surface area contributed by atoms with Crippen molar-refractivity contribution >= 4 is 30.0 Å². The summed E-state index contributed by atoms with van der Waals surface area (Å²) in [6.07, 6.45) is -0.973. The number of carbonyl (C=O) groups is 4. The molecule has 0 aliphatic rings. The molecule has 0 heterocycles. The van der Waals surface area contributed by atoms with Gasteiger partial charge in [-0.3, -0.25) is 14.6 Å². The quantitative estimate of drug-likeness (QED) is 0.300. The maximum absolute atomic E-state index is 12.0. The van der Waals surface area contributed by atoms with Crippen LogP contribution in [-0.2, 0) is 28.6 Å². The van der Waals surface area contributed by atoms with Gasteiger partial charge in [0.1, 0.15) is 6.04 Å². The second kappa shape index (κ2) is 12.8. The number of amides is 1. The van der Waals surface area contributed by atoms with Crippen molar-refractivity contribution in [3.63, 3.8) is 0 Å². The highest BCUT2D eigenvalue weighted by molar-refractivity contribution is 6.27. The van der Waals surface area contributed by atoms with E-state index in [2.05, 4.69) is 15.6 Å². The number of esters is 2. The van der Waals surface area contributed by atoms with Gasteiger partial charge in [-0.1, -0.05) is 0 Å². The van der Waals surface area contributed by atoms with E-state index >= 15 is 0 Å². The number of carbonyl (C=O) groups excluding carboxylic acids is 4. The lowest BCUT2D eigenvalue weighted by atomic mass is 9.97. The van der Waals surface area contributed by atoms with Gasteiger partial charge in [0.2, 0.25) is 6.29 Å². The first-order chi connectivity index (χ1) is 13.0. The number of rotatable bonds is 11. The number of Topliss-reactive ketones (excluding diaryl/α,β-unsaturated/α-hetero) is 1. The Kier molecular flexibility index (Phi) is 11.7. The first-order valence-electron chi connectivity index (χ1n) is 9.03. The Morgan fingerprint density at radius 3 is 2.32 bits per heavy atom. The number of hydrogen-bond donors (Lipinski definition) is 2. The molecule has 10 nitrogen and oxygen atoms in total. The van der Waals surface area contributed by atoms with Crippen molar-refractivity contribution in [2.24, 2.45) is 10.4 Å². The second-order valence-electron chi connectivity index (χ2n) is 6.91. The molecule has 160 valence electrons. The molecule has 2 atom stereocenters. The number of alkyl carbamates (subject to hydrolysis) is 1. The van der Waals surface area contributed by atoms with Gasteiger partial charge in [0.25, 0.3) is 0 Å². The van der Waals surface area contributed by atoms with E-state index in [0.29, 0.717) is 6.67 Å². The van der Waals surface area contributed by atoms with Crippen LogP contribution in [0.1, 0.15) is 47.5 Å². The van der Waals surface area contributed by atoms with E-state index in [1.807, 2.05) is 0 Å². The fourth-order valence-electron chi connectivity index (χ4n) is 1.76. The van der Waals surface area contributed by atoms with Gasteiger partial charge in [0, 0.05) is 13.3 Å². The molecule has 10 heteroatoms. The summed E-state index contributed by atoms with van der Waals surface area (Å²) in [7, 11) is 1.69. The number of hydrogen-bond acceptors (Lipinski definition) is 9. The van der Waals surface area contributed by atoms with Crippen molar-refractivity contribution in [1.29, 1.82) is 0 Å². The highest BCUT2D eigenvalue weighted by Crippen LogP contribution is 2.16. The minimum Gasteiger partial charge on any atom is -0.464 e. The summed E-state index contributed by atoms with van der Waals surface area (Å²) in [4.78, 5) is 51.4. The number of ether oxygens (including phenoxy) is 3. The first-order valence-corrected chi connectivity index (χ1v) is 9.03. The zero-order valence-corrected chi connectivity index (χ0v) is 17.4. The molecule has 0 saturated carbocycles. The van der Waals surface area contributed by atoms with E-state index < -0.39 is 35.8 Å². The smallest absolute Gasteiger partial charge is 0.410 e. The average molecular weight is 401 g/mol. The number of aliphatic imine (C=N–C) groups is 1. The number of ketones is 1. The van der Waals surface area contributed by atoms with Crippen molar-refractivity contribution in [1.82, 2.24) is 10.6 Å². The molecule has 0 saturated heterocycles. The summed E-state index contributed by atoms with van der Waals surface area (Å²) >= 11 is 0. The molecule has 1 amide bonds. The van der Waals surface area contributed by atoms with Crippen LogP contribution in [0.5, 0.6) is 0 Å². The molecular weight excluding hydrogens is 370 g/mol. The Bertz CT molecular complexity index is 570. The van der Waals surface area contributed by atoms with Gasteiger partial charge in [-0.15, -0.1) is 0 Å². The molecule has 0 rings (SSSR count). The molecule has 2 unspecified atom stereocenters. The molecule has 0 aromatic heterocycles. The lowest BCUT2D eigenvalue weighted by Gasteiger charge is -2.22. The SMILES string of the molecule is CCOC(=O)C(CCC(=O)C=NCNC)NC(=O)OC(C)OC(=O)C(C)(C)C. The third kappa shape index (κ3) is 11.3. The average Bonchev–Trinajstić information content (AvgIpc) is 2.57. The normalized spacial score (nSPS) is 13.5. The predicted molar refractivity (Wildman–Crippen MR) is 102 cm³/mol. The van der Waals surface area contributed by atoms with E-state index in [9.17, 15) is 19.2 Å². The lowest BCUT2D eigenvalue weighted by molar-refractivity contribution is -0.174. The van der Waals surface area contributed by atoms with Gasteiger partial charge < -0.3 is 24.8 Å². The van der Waals surface area contributed by atoms with E-state index in [-0.39, 0.29) is 25.2 Å². The van der Waals surface area contributed by atoms with Crippen molar-refractivity contribution in [3.8, 4) is 0 Å². The Morgan fingerprint density at radius 1 is 1.14 bits per heavy atom. The number of nitrogens with one attached hydrogen (secondary N) is 2. The second-order valence-corrected chi connectivity index (χ2v) is 6.91. The van der Waals surface area contributed by atoms with Crippen molar-refractivity contribution in [2.75, 3.05) is 20.3 Å². The van der Waals surface area contributed by atoms with Gasteiger partial charge in [-0.25, -0.2) is 9.59 Å². The first kappa shape index (κ1) is 25.5. The number of nitrogens with zero attached hydrogens (tertiary/aromatic N) is 1. The highest BCUT2D eigenvalue weighted by Gasteiger charge is 2.28. The third-order valence-corrected chi connectivity index (χ3v) is 3.19. The monoisotopic (exact) mass is 401 g/mol. The molecule has 0 bridgehead atoms. The van der Waals surface area contributed by atoms with Crippen LogP contribution in [0.15, 0.2) is 4.99 Å². The molecular formula is C18H31N3O7. The van der Waals surface area contributed by atoms with Crippen molar-refractivity contribution in [2.45, 2.75) is 59.8 Å². The fourth-order valence-corrected chi connectivity index (χ4v) is 1.76. The summed E-state index contributed by atoms with van der Waals surface area (Å²) in [5, 5.41) is 5.09. The van der Waals surface area contributed by atoms with Crippen LogP contribution >= 0.6 is 0 Å². The maximum Gasteiger partial charge on any atom is 0.410 e. The summed E-state index contributed by atoms with van der Waals surface area (Å²) in [5.74, 6) is -1.54. The molecule has 0 radical (unpaired) electrons. The minimum atomic E-state index is -1.15. The molecule has 28 heavy (non-hydrogen) atoms. The summed E-state index contributed by atoms with van der Waals surface area (Å²) in [6, 6.07) is -1.08. The van der Waals surface area contributed by atoms with E-state index in [1.165, 1.54) is 6.92 Å². The lowest BCUT2D eigenvalue weighted by Crippen LogP contribution is -2.44. The zero-order valence-electron chi connectivity index (χ0n) is 17.4. The Balaban J connectivity index is 4.73. The van der Waals surface area contributed by atoms with Gasteiger partial charge in [-0.05, 0) is 41.2 Å². The Morgan fingerprint density at radius 2 is 1.79 bits per heavy atom. The predicted octanol–water partition coefficient (Wildman–Crippen LogP) is 1.18. The molecule has 0 aromatic rings. The van der Waals surface area contributed by atoms with Gasteiger partial charge in [0.15, 0.2) is 5.78 Å². The van der Waals surface area contributed by atoms with Gasteiger partial charge in [0.05, 0.1) is 24.9 Å². The zero-order chi connectivity index (χ0) is 21.7. The van der Waals surface area contributed by atoms with Crippen molar-refractivity contribution in [3.05, 3.63) is 0 Å². The maximum atomic E-state index is 12.0. The van der Waals surface area contributed by atoms with Gasteiger partial charge in [-0.2, -0.15) is 0 Å². The fraction of sp³-hybridized carbons (Fsp3) is 0.722. The standard InChI is InChI=1S/C18H31N3O7/c1-7-26-15(23)14(9-8-13(22)10-20-11-19-6)21-17(25)28-12(2)27-16(24)18(3,4)5/h10,12,14,19H,7-9,11H2,1-6H3,(H,21,25). The van der Waals surface area contributed by atoms with E-state index in [0.717, 1.165) is 6.21 Å². The molecule has 0 spiro atoms. The summed E-state index contributed by atoms with van der Waals surface area (Å²) in [5.41, 5.74) is -0.753. The summed E-state index contributed by atoms with van der Waals surface area (Å²) < 4.78 is 14.9. The highest BCUT2D eigenvalue weighted by atomic mass is 16.7. The van der Waals surface area contributed by atoms with Crippen LogP contribution in [0.3, 0.4) is 0 Å². The van der Waals surface area contributed by atoms with Crippen LogP contribution in [0.4, 0.5) is 4.79 Å². The topological polar surface area (TPSA) is 132 Å². The van der Waals surface area contributed by atoms with Crippen LogP contribution < -0.4 is 10.6 Å². The van der Waals surface area contributed by atoms with E-state index in [4.69, 9.17) is 14.2 Å². The van der Waals surface area contributed by atoms with Crippen LogP contribution in [-0.4, -0.2) is 62.7 Å². The van der Waals surface area contributed by atoms with E-state index in [1.54, 1.807) is 34.7 Å². The molecule has 0 aromatic carbocycles. The molecule has 0 aliphatic heterocycles. The van der Waals surface area contributed by atoms with Gasteiger partial charge >= 0.3 is 18.0 Å². The largest absolute Gasteiger partial charge is 0.464 e. The minimum absolute atomic E-state index is 0.00843. The molecule has 0 aliphatic carbocycles. The van der Waals surface area contributed by atoms with Crippen LogP contribution in [0.2, 0.25) is 0 Å². The Labute approximate surface area is 165 Å². The van der Waals surface area contributed by atoms with Crippen molar-refractivity contribution < 1.29 is 33.4 Å².